The van der Waals surface area contributed by atoms with Crippen molar-refractivity contribution in [1.82, 2.24) is 0 Å². The summed E-state index contributed by atoms with van der Waals surface area (Å²) in [5.41, 5.74) is 2.50. The van der Waals surface area contributed by atoms with Crippen LogP contribution in [0.3, 0.4) is 0 Å². The van der Waals surface area contributed by atoms with E-state index in [1.807, 2.05) is 24.3 Å². The van der Waals surface area contributed by atoms with Crippen molar-refractivity contribution in [3.8, 4) is 0 Å². The number of hydrogen-bond acceptors (Lipinski definition) is 3. The molecule has 0 unspecified atom stereocenters. The average molecular weight is 343 g/mol. The molecule has 4 nitrogen and oxygen atoms in total. The summed E-state index contributed by atoms with van der Waals surface area (Å²) in [6.45, 7) is 3.92. The van der Waals surface area contributed by atoms with Gasteiger partial charge in [0, 0.05) is 5.69 Å². The maximum absolute atomic E-state index is 12.8. The van der Waals surface area contributed by atoms with Gasteiger partial charge in [0.1, 0.15) is 5.82 Å². The first-order chi connectivity index (χ1) is 12.0. The predicted molar refractivity (Wildman–Crippen MR) is 94.8 cm³/mol. The van der Waals surface area contributed by atoms with Gasteiger partial charge >= 0.3 is 5.97 Å². The zero-order valence-electron chi connectivity index (χ0n) is 14.4. The monoisotopic (exact) mass is 343 g/mol. The molecule has 1 amide bonds. The molecule has 0 radical (unpaired) electrons. The maximum Gasteiger partial charge on any atom is 0.310 e. The molecule has 0 saturated heterocycles. The molecular formula is C20H22FNO3. The number of carbonyl (C=O) groups excluding carboxylic acids is 2. The van der Waals surface area contributed by atoms with Crippen molar-refractivity contribution in [3.63, 3.8) is 0 Å². The van der Waals surface area contributed by atoms with Crippen molar-refractivity contribution in [3.05, 3.63) is 65.5 Å². The summed E-state index contributed by atoms with van der Waals surface area (Å²) < 4.78 is 17.8. The number of rotatable bonds is 7. The first-order valence-corrected chi connectivity index (χ1v) is 8.27. The Balaban J connectivity index is 1.78. The molecule has 0 spiro atoms. The quantitative estimate of drug-likeness (QED) is 0.771. The van der Waals surface area contributed by atoms with E-state index < -0.39 is 11.9 Å². The van der Waals surface area contributed by atoms with Crippen LogP contribution in [0.1, 0.15) is 37.3 Å². The van der Waals surface area contributed by atoms with Crippen molar-refractivity contribution in [2.75, 3.05) is 11.9 Å². The number of amides is 1. The maximum atomic E-state index is 12.8. The van der Waals surface area contributed by atoms with Gasteiger partial charge in [0.2, 0.25) is 0 Å². The van der Waals surface area contributed by atoms with E-state index >= 15 is 0 Å². The number of hydrogen-bond donors (Lipinski definition) is 1. The summed E-state index contributed by atoms with van der Waals surface area (Å²) in [6.07, 6.45) is 1.05. The van der Waals surface area contributed by atoms with Gasteiger partial charge < -0.3 is 10.1 Å². The molecule has 0 heterocycles. The summed E-state index contributed by atoms with van der Waals surface area (Å²) in [4.78, 5) is 23.6. The van der Waals surface area contributed by atoms with Crippen molar-refractivity contribution >= 4 is 17.6 Å². The fourth-order valence-electron chi connectivity index (χ4n) is 2.29. The van der Waals surface area contributed by atoms with E-state index in [2.05, 4.69) is 19.2 Å². The SMILES string of the molecule is CC[C@@H](C)c1ccc(NC(=O)COC(=O)Cc2ccc(F)cc2)cc1. The highest BCUT2D eigenvalue weighted by molar-refractivity contribution is 5.92. The highest BCUT2D eigenvalue weighted by Gasteiger charge is 2.09. The minimum Gasteiger partial charge on any atom is -0.455 e. The number of ether oxygens (including phenoxy) is 1. The van der Waals surface area contributed by atoms with Gasteiger partial charge in [-0.15, -0.1) is 0 Å². The molecule has 0 aromatic heterocycles. The normalized spacial score (nSPS) is 11.6. The Morgan fingerprint density at radius 1 is 1.08 bits per heavy atom. The number of esters is 1. The van der Waals surface area contributed by atoms with E-state index in [4.69, 9.17) is 4.74 Å². The lowest BCUT2D eigenvalue weighted by atomic mass is 9.99. The van der Waals surface area contributed by atoms with Gasteiger partial charge in [0.05, 0.1) is 6.42 Å². The lowest BCUT2D eigenvalue weighted by Gasteiger charge is -2.10. The lowest BCUT2D eigenvalue weighted by Crippen LogP contribution is -2.21. The Bertz CT molecular complexity index is 711. The van der Waals surface area contributed by atoms with E-state index in [1.54, 1.807) is 0 Å². The number of halogens is 1. The molecule has 2 aromatic rings. The van der Waals surface area contributed by atoms with Gasteiger partial charge in [0.15, 0.2) is 6.61 Å². The molecule has 0 aliphatic carbocycles. The van der Waals surface area contributed by atoms with Crippen LogP contribution >= 0.6 is 0 Å². The summed E-state index contributed by atoms with van der Waals surface area (Å²) in [5, 5.41) is 2.69. The molecule has 0 fully saturated rings. The number of nitrogens with one attached hydrogen (secondary N) is 1. The third-order valence-corrected chi connectivity index (χ3v) is 4.00. The Morgan fingerprint density at radius 3 is 2.32 bits per heavy atom. The van der Waals surface area contributed by atoms with Crippen molar-refractivity contribution in [1.29, 1.82) is 0 Å². The van der Waals surface area contributed by atoms with Gasteiger partial charge in [0.25, 0.3) is 5.91 Å². The fraction of sp³-hybridized carbons (Fsp3) is 0.300. The Hall–Kier alpha value is -2.69. The van der Waals surface area contributed by atoms with Gasteiger partial charge in [-0.25, -0.2) is 4.39 Å². The van der Waals surface area contributed by atoms with Crippen LogP contribution in [-0.2, 0) is 20.7 Å². The van der Waals surface area contributed by atoms with Crippen LogP contribution in [0.25, 0.3) is 0 Å². The first kappa shape index (κ1) is 18.6. The van der Waals surface area contributed by atoms with Crippen LogP contribution in [0.2, 0.25) is 0 Å². The molecule has 0 aliphatic heterocycles. The van der Waals surface area contributed by atoms with E-state index in [9.17, 15) is 14.0 Å². The van der Waals surface area contributed by atoms with Gasteiger partial charge in [-0.05, 0) is 47.7 Å². The second kappa shape index (κ2) is 8.97. The molecule has 1 N–H and O–H groups in total. The van der Waals surface area contributed by atoms with E-state index in [0.29, 0.717) is 17.2 Å². The summed E-state index contributed by atoms with van der Waals surface area (Å²) in [7, 11) is 0. The molecule has 5 heteroatoms. The zero-order chi connectivity index (χ0) is 18.2. The van der Waals surface area contributed by atoms with E-state index in [0.717, 1.165) is 6.42 Å². The number of benzene rings is 2. The number of anilines is 1. The van der Waals surface area contributed by atoms with Crippen molar-refractivity contribution in [2.24, 2.45) is 0 Å². The Kier molecular flexibility index (Phi) is 6.69. The van der Waals surface area contributed by atoms with Crippen LogP contribution in [0, 0.1) is 5.82 Å². The highest BCUT2D eigenvalue weighted by atomic mass is 19.1. The Labute approximate surface area is 147 Å². The first-order valence-electron chi connectivity index (χ1n) is 8.27. The van der Waals surface area contributed by atoms with Crippen LogP contribution in [0.5, 0.6) is 0 Å². The molecule has 0 saturated carbocycles. The third kappa shape index (κ3) is 6.03. The van der Waals surface area contributed by atoms with Crippen LogP contribution in [0.4, 0.5) is 10.1 Å². The van der Waals surface area contributed by atoms with Gasteiger partial charge in [-0.3, -0.25) is 9.59 Å². The molecule has 0 aliphatic rings. The zero-order valence-corrected chi connectivity index (χ0v) is 14.4. The highest BCUT2D eigenvalue weighted by Crippen LogP contribution is 2.20. The molecular weight excluding hydrogens is 321 g/mol. The second-order valence-corrected chi connectivity index (χ2v) is 5.94. The Morgan fingerprint density at radius 2 is 1.72 bits per heavy atom. The van der Waals surface area contributed by atoms with Crippen molar-refractivity contribution in [2.45, 2.75) is 32.6 Å². The third-order valence-electron chi connectivity index (χ3n) is 4.00. The fourth-order valence-corrected chi connectivity index (χ4v) is 2.29. The summed E-state index contributed by atoms with van der Waals surface area (Å²) in [5.74, 6) is -0.828. The topological polar surface area (TPSA) is 55.4 Å². The van der Waals surface area contributed by atoms with Crippen LogP contribution in [0.15, 0.2) is 48.5 Å². The summed E-state index contributed by atoms with van der Waals surface area (Å²) >= 11 is 0. The summed E-state index contributed by atoms with van der Waals surface area (Å²) in [6, 6.07) is 13.2. The van der Waals surface area contributed by atoms with Crippen LogP contribution in [-0.4, -0.2) is 18.5 Å². The molecule has 2 aromatic carbocycles. The molecule has 1 atom stereocenters. The lowest BCUT2D eigenvalue weighted by molar-refractivity contribution is -0.146. The standard InChI is InChI=1S/C20H22FNO3/c1-3-14(2)16-6-10-18(11-7-16)22-19(23)13-25-20(24)12-15-4-8-17(21)9-5-15/h4-11,14H,3,12-13H2,1-2H3,(H,22,23)/t14-/m1/s1. The van der Waals surface area contributed by atoms with Crippen molar-refractivity contribution < 1.29 is 18.7 Å². The second-order valence-electron chi connectivity index (χ2n) is 5.94. The molecule has 25 heavy (non-hydrogen) atoms. The van der Waals surface area contributed by atoms with Gasteiger partial charge in [-0.1, -0.05) is 38.1 Å². The molecule has 2 rings (SSSR count). The van der Waals surface area contributed by atoms with E-state index in [-0.39, 0.29) is 18.8 Å². The largest absolute Gasteiger partial charge is 0.455 e. The minimum absolute atomic E-state index is 0.00281. The van der Waals surface area contributed by atoms with Crippen LogP contribution < -0.4 is 5.32 Å². The molecule has 0 bridgehead atoms. The van der Waals surface area contributed by atoms with Gasteiger partial charge in [-0.2, -0.15) is 0 Å². The predicted octanol–water partition coefficient (Wildman–Crippen LogP) is 4.06. The van der Waals surface area contributed by atoms with E-state index in [1.165, 1.54) is 29.8 Å². The smallest absolute Gasteiger partial charge is 0.310 e. The number of carbonyl (C=O) groups is 2. The average Bonchev–Trinajstić information content (AvgIpc) is 2.62. The molecule has 132 valence electrons. The minimum atomic E-state index is -0.533.